The van der Waals surface area contributed by atoms with E-state index in [1.807, 2.05) is 23.5 Å². The van der Waals surface area contributed by atoms with E-state index in [1.165, 1.54) is 10.2 Å². The summed E-state index contributed by atoms with van der Waals surface area (Å²) in [5, 5.41) is 2.70. The highest BCUT2D eigenvalue weighted by atomic mass is 32.2. The quantitative estimate of drug-likeness (QED) is 0.412. The molecule has 12 heteroatoms. The number of aryl methyl sites for hydroxylation is 1. The highest BCUT2D eigenvalue weighted by molar-refractivity contribution is 7.90. The first-order chi connectivity index (χ1) is 16.0. The van der Waals surface area contributed by atoms with Crippen molar-refractivity contribution in [1.82, 2.24) is 18.6 Å². The first-order valence-electron chi connectivity index (χ1n) is 10.8. The van der Waals surface area contributed by atoms with E-state index in [0.717, 1.165) is 11.1 Å². The lowest BCUT2D eigenvalue weighted by Crippen LogP contribution is -2.46. The van der Waals surface area contributed by atoms with Crippen molar-refractivity contribution in [2.45, 2.75) is 31.6 Å². The number of rotatable bonds is 5. The largest absolute Gasteiger partial charge is 0.311 e. The second kappa shape index (κ2) is 7.79. The molecule has 34 heavy (non-hydrogen) atoms. The summed E-state index contributed by atoms with van der Waals surface area (Å²) in [6.45, 7) is 4.88. The topological polar surface area (TPSA) is 127 Å². The van der Waals surface area contributed by atoms with Crippen LogP contribution < -0.4 is 5.01 Å². The SMILES string of the molecule is Cc1ccc(S(=O)(=O)n2ccc3c4c(cnc32)ncn4N2CCC(C)(CS(=O)(=O)O)CC2)cc1. The van der Waals surface area contributed by atoms with Crippen molar-refractivity contribution < 1.29 is 21.4 Å². The predicted molar refractivity (Wildman–Crippen MR) is 128 cm³/mol. The molecular weight excluding hydrogens is 478 g/mol. The third-order valence-corrected chi connectivity index (χ3v) is 9.27. The van der Waals surface area contributed by atoms with Crippen LogP contribution in [0.25, 0.3) is 22.1 Å². The van der Waals surface area contributed by atoms with E-state index in [0.29, 0.717) is 42.5 Å². The average Bonchev–Trinajstić information content (AvgIpc) is 3.37. The number of imidazole rings is 1. The van der Waals surface area contributed by atoms with Crippen LogP contribution in [-0.2, 0) is 20.1 Å². The van der Waals surface area contributed by atoms with Crippen LogP contribution in [0.3, 0.4) is 0 Å². The molecule has 1 saturated heterocycles. The van der Waals surface area contributed by atoms with E-state index in [9.17, 15) is 21.4 Å². The third-order valence-electron chi connectivity index (χ3n) is 6.53. The van der Waals surface area contributed by atoms with Gasteiger partial charge in [0.15, 0.2) is 5.65 Å². The van der Waals surface area contributed by atoms with E-state index >= 15 is 0 Å². The van der Waals surface area contributed by atoms with Gasteiger partial charge in [-0.3, -0.25) is 4.55 Å². The standard InChI is InChI=1S/C22H25N5O5S2/c1-16-3-5-17(6-4-16)34(31,32)27-10-7-18-20-19(13-23-21(18)27)24-15-26(20)25-11-8-22(2,9-12-25)14-33(28,29)30/h3-7,10,13,15H,8-9,11-12,14H2,1-2H3,(H,28,29,30). The summed E-state index contributed by atoms with van der Waals surface area (Å²) in [7, 11) is -7.89. The minimum absolute atomic E-state index is 0.181. The van der Waals surface area contributed by atoms with Crippen LogP contribution in [0, 0.1) is 12.3 Å². The Labute approximate surface area is 197 Å². The van der Waals surface area contributed by atoms with Gasteiger partial charge in [-0.05, 0) is 43.4 Å². The van der Waals surface area contributed by atoms with Crippen molar-refractivity contribution in [1.29, 1.82) is 0 Å². The first-order valence-corrected chi connectivity index (χ1v) is 13.9. The van der Waals surface area contributed by atoms with E-state index in [4.69, 9.17) is 0 Å². The van der Waals surface area contributed by atoms with Crippen LogP contribution >= 0.6 is 0 Å². The Morgan fingerprint density at radius 1 is 1.03 bits per heavy atom. The molecule has 1 aromatic carbocycles. The number of hydrogen-bond donors (Lipinski definition) is 1. The molecule has 3 aromatic heterocycles. The van der Waals surface area contributed by atoms with Gasteiger partial charge < -0.3 is 5.01 Å². The second-order valence-corrected chi connectivity index (χ2v) is 12.5. The van der Waals surface area contributed by atoms with Gasteiger partial charge >= 0.3 is 0 Å². The monoisotopic (exact) mass is 503 g/mol. The summed E-state index contributed by atoms with van der Waals surface area (Å²) in [6, 6.07) is 8.39. The van der Waals surface area contributed by atoms with Crippen LogP contribution in [0.15, 0.2) is 53.9 Å². The molecule has 1 fully saturated rings. The zero-order chi connectivity index (χ0) is 24.3. The van der Waals surface area contributed by atoms with E-state index in [1.54, 1.807) is 42.9 Å². The number of pyridine rings is 1. The van der Waals surface area contributed by atoms with Crippen LogP contribution in [0.5, 0.6) is 0 Å². The third kappa shape index (κ3) is 3.95. The van der Waals surface area contributed by atoms with Crippen molar-refractivity contribution in [3.63, 3.8) is 0 Å². The van der Waals surface area contributed by atoms with E-state index in [-0.39, 0.29) is 10.6 Å². The van der Waals surface area contributed by atoms with Crippen molar-refractivity contribution >= 4 is 42.2 Å². The Bertz CT molecular complexity index is 1600. The van der Waals surface area contributed by atoms with Gasteiger partial charge in [0.1, 0.15) is 17.4 Å². The molecule has 1 aliphatic heterocycles. The summed E-state index contributed by atoms with van der Waals surface area (Å²) < 4.78 is 61.8. The summed E-state index contributed by atoms with van der Waals surface area (Å²) in [5.74, 6) is -0.271. The smallest absolute Gasteiger partial charge is 0.269 e. The van der Waals surface area contributed by atoms with Gasteiger partial charge in [0.2, 0.25) is 0 Å². The molecule has 0 aliphatic carbocycles. The maximum atomic E-state index is 13.3. The summed E-state index contributed by atoms with van der Waals surface area (Å²) >= 11 is 0. The fraction of sp³-hybridized carbons (Fsp3) is 0.364. The molecule has 0 atom stereocenters. The Balaban J connectivity index is 1.53. The number of nitrogens with zero attached hydrogens (tertiary/aromatic N) is 5. The van der Waals surface area contributed by atoms with Crippen molar-refractivity contribution in [2.24, 2.45) is 5.41 Å². The van der Waals surface area contributed by atoms with Gasteiger partial charge in [0, 0.05) is 24.7 Å². The molecule has 1 N–H and O–H groups in total. The fourth-order valence-corrected chi connectivity index (χ4v) is 7.09. The zero-order valence-electron chi connectivity index (χ0n) is 18.8. The Morgan fingerprint density at radius 2 is 1.71 bits per heavy atom. The van der Waals surface area contributed by atoms with Crippen molar-refractivity contribution in [2.75, 3.05) is 23.9 Å². The maximum Gasteiger partial charge on any atom is 0.269 e. The number of benzene rings is 1. The number of fused-ring (bicyclic) bond motifs is 3. The van der Waals surface area contributed by atoms with Crippen molar-refractivity contribution in [3.05, 3.63) is 54.6 Å². The highest BCUT2D eigenvalue weighted by Gasteiger charge is 2.35. The maximum absolute atomic E-state index is 13.3. The molecule has 10 nitrogen and oxygen atoms in total. The molecule has 0 bridgehead atoms. The van der Waals surface area contributed by atoms with Gasteiger partial charge in [0.05, 0.1) is 16.8 Å². The summed E-state index contributed by atoms with van der Waals surface area (Å²) in [5.41, 5.74) is 2.13. The highest BCUT2D eigenvalue weighted by Crippen LogP contribution is 2.33. The molecule has 0 spiro atoms. The van der Waals surface area contributed by atoms with Crippen molar-refractivity contribution in [3.8, 4) is 0 Å². The molecular formula is C22H25N5O5S2. The minimum Gasteiger partial charge on any atom is -0.311 e. The summed E-state index contributed by atoms with van der Waals surface area (Å²) in [6.07, 6.45) is 5.88. The molecule has 180 valence electrons. The van der Waals surface area contributed by atoms with Gasteiger partial charge in [-0.2, -0.15) is 8.42 Å². The Morgan fingerprint density at radius 3 is 2.35 bits per heavy atom. The van der Waals surface area contributed by atoms with Crippen LogP contribution in [0.1, 0.15) is 25.3 Å². The number of aromatic nitrogens is 4. The molecule has 4 aromatic rings. The average molecular weight is 504 g/mol. The van der Waals surface area contributed by atoms with Gasteiger partial charge in [-0.25, -0.2) is 27.0 Å². The van der Waals surface area contributed by atoms with Gasteiger partial charge in [-0.1, -0.05) is 24.6 Å². The molecule has 0 radical (unpaired) electrons. The molecule has 0 unspecified atom stereocenters. The minimum atomic E-state index is -4.06. The molecule has 1 aliphatic rings. The van der Waals surface area contributed by atoms with Crippen LogP contribution in [-0.4, -0.2) is 58.8 Å². The number of hydrogen-bond acceptors (Lipinski definition) is 7. The molecule has 5 rings (SSSR count). The molecule has 0 saturated carbocycles. The lowest BCUT2D eigenvalue weighted by atomic mass is 9.83. The Hall–Kier alpha value is -2.96. The summed E-state index contributed by atoms with van der Waals surface area (Å²) in [4.78, 5) is 9.02. The number of piperidine rings is 1. The van der Waals surface area contributed by atoms with Crippen LogP contribution in [0.4, 0.5) is 0 Å². The Kier molecular flexibility index (Phi) is 5.22. The molecule has 0 amide bonds. The predicted octanol–water partition coefficient (Wildman–Crippen LogP) is 2.56. The lowest BCUT2D eigenvalue weighted by Gasteiger charge is -2.40. The van der Waals surface area contributed by atoms with Crippen LogP contribution in [0.2, 0.25) is 0 Å². The van der Waals surface area contributed by atoms with E-state index in [2.05, 4.69) is 9.97 Å². The lowest BCUT2D eigenvalue weighted by molar-refractivity contribution is 0.256. The normalized spacial score (nSPS) is 17.0. The molecule has 4 heterocycles. The first kappa shape index (κ1) is 22.8. The second-order valence-electron chi connectivity index (χ2n) is 9.24. The van der Waals surface area contributed by atoms with Gasteiger partial charge in [-0.15, -0.1) is 0 Å². The zero-order valence-corrected chi connectivity index (χ0v) is 20.4. The van der Waals surface area contributed by atoms with Gasteiger partial charge in [0.25, 0.3) is 20.1 Å². The fourth-order valence-electron chi connectivity index (χ4n) is 4.62. The van der Waals surface area contributed by atoms with E-state index < -0.39 is 25.6 Å².